The average molecular weight is 357 g/mol. The summed E-state index contributed by atoms with van der Waals surface area (Å²) in [6, 6.07) is 5.70. The van der Waals surface area contributed by atoms with E-state index in [1.54, 1.807) is 12.1 Å². The number of rotatable bonds is 3. The van der Waals surface area contributed by atoms with Crippen LogP contribution < -0.4 is 16.2 Å². The Morgan fingerprint density at radius 2 is 1.95 bits per heavy atom. The Hall–Kier alpha value is -2.15. The summed E-state index contributed by atoms with van der Waals surface area (Å²) < 4.78 is 33.5. The molecule has 0 saturated heterocycles. The number of amides is 1. The van der Waals surface area contributed by atoms with Crippen molar-refractivity contribution in [3.05, 3.63) is 45.9 Å². The Morgan fingerprint density at radius 1 is 1.29 bits per heavy atom. The van der Waals surface area contributed by atoms with Crippen LogP contribution >= 0.6 is 15.9 Å². The highest BCUT2D eigenvalue weighted by Crippen LogP contribution is 2.42. The van der Waals surface area contributed by atoms with Crippen LogP contribution in [0.25, 0.3) is 11.1 Å². The van der Waals surface area contributed by atoms with E-state index in [-0.39, 0.29) is 27.0 Å². The summed E-state index contributed by atoms with van der Waals surface area (Å²) in [5, 5.41) is 0. The lowest BCUT2D eigenvalue weighted by Crippen LogP contribution is -2.16. The van der Waals surface area contributed by atoms with Gasteiger partial charge in [0.1, 0.15) is 22.9 Å². The Morgan fingerprint density at radius 3 is 2.52 bits per heavy atom. The van der Waals surface area contributed by atoms with Crippen LogP contribution in [0.2, 0.25) is 0 Å². The van der Waals surface area contributed by atoms with Crippen LogP contribution in [0, 0.1) is 11.6 Å². The van der Waals surface area contributed by atoms with Gasteiger partial charge in [0, 0.05) is 15.7 Å². The predicted octanol–water partition coefficient (Wildman–Crippen LogP) is 3.08. The second-order valence-electron chi connectivity index (χ2n) is 4.19. The van der Waals surface area contributed by atoms with E-state index in [2.05, 4.69) is 15.9 Å². The van der Waals surface area contributed by atoms with Gasteiger partial charge in [-0.2, -0.15) is 0 Å². The molecule has 0 saturated carbocycles. The third-order valence-corrected chi connectivity index (χ3v) is 3.57. The fourth-order valence-corrected chi connectivity index (χ4v) is 2.60. The smallest absolute Gasteiger partial charge is 0.254 e. The maximum absolute atomic E-state index is 14.5. The van der Waals surface area contributed by atoms with Crippen molar-refractivity contribution < 1.29 is 18.3 Å². The molecule has 0 fully saturated rings. The minimum atomic E-state index is -1.20. The molecule has 0 heterocycles. The molecule has 0 unspecified atom stereocenters. The van der Waals surface area contributed by atoms with Crippen molar-refractivity contribution in [1.82, 2.24) is 0 Å². The molecule has 0 aliphatic heterocycles. The van der Waals surface area contributed by atoms with Gasteiger partial charge < -0.3 is 16.2 Å². The van der Waals surface area contributed by atoms with Gasteiger partial charge in [-0.1, -0.05) is 6.07 Å². The van der Waals surface area contributed by atoms with Gasteiger partial charge in [0.05, 0.1) is 12.7 Å². The van der Waals surface area contributed by atoms with Crippen molar-refractivity contribution >= 4 is 27.5 Å². The normalized spacial score (nSPS) is 10.5. The molecule has 0 radical (unpaired) electrons. The van der Waals surface area contributed by atoms with Crippen LogP contribution in [0.15, 0.2) is 28.7 Å². The van der Waals surface area contributed by atoms with Crippen LogP contribution in [-0.2, 0) is 0 Å². The van der Waals surface area contributed by atoms with Crippen molar-refractivity contribution in [2.75, 3.05) is 12.8 Å². The molecule has 2 aromatic carbocycles. The predicted molar refractivity (Wildman–Crippen MR) is 79.0 cm³/mol. The first-order valence-corrected chi connectivity index (χ1v) is 6.58. The van der Waals surface area contributed by atoms with E-state index >= 15 is 0 Å². The van der Waals surface area contributed by atoms with Gasteiger partial charge in [-0.25, -0.2) is 8.78 Å². The van der Waals surface area contributed by atoms with Crippen molar-refractivity contribution in [3.8, 4) is 16.9 Å². The zero-order valence-electron chi connectivity index (χ0n) is 10.9. The lowest BCUT2D eigenvalue weighted by atomic mass is 9.98. The highest BCUT2D eigenvalue weighted by Gasteiger charge is 2.25. The van der Waals surface area contributed by atoms with Crippen LogP contribution in [-0.4, -0.2) is 13.0 Å². The molecule has 21 heavy (non-hydrogen) atoms. The number of ether oxygens (including phenoxy) is 1. The molecule has 4 N–H and O–H groups in total. The molecular formula is C14H11BrF2N2O2. The Kier molecular flexibility index (Phi) is 4.13. The van der Waals surface area contributed by atoms with E-state index < -0.39 is 23.1 Å². The van der Waals surface area contributed by atoms with Gasteiger partial charge in [-0.05, 0) is 34.1 Å². The van der Waals surface area contributed by atoms with Crippen molar-refractivity contribution in [3.63, 3.8) is 0 Å². The summed E-state index contributed by atoms with van der Waals surface area (Å²) in [5.41, 5.74) is 10.4. The lowest BCUT2D eigenvalue weighted by Gasteiger charge is -2.15. The van der Waals surface area contributed by atoms with Gasteiger partial charge >= 0.3 is 0 Å². The highest BCUT2D eigenvalue weighted by atomic mass is 79.9. The molecule has 0 aliphatic carbocycles. The fraction of sp³-hybridized carbons (Fsp3) is 0.0714. The van der Waals surface area contributed by atoms with E-state index in [0.717, 1.165) is 6.07 Å². The standard InChI is InChI=1S/C14H11BrF2N2O2/c1-21-9-4-2-3-8(18)12(9)10-6(15)5-7(16)11(13(10)17)14(19)20/h2-5H,18H2,1H3,(H2,19,20). The molecule has 4 nitrogen and oxygen atoms in total. The number of methoxy groups -OCH3 is 1. The zero-order chi connectivity index (χ0) is 15.7. The second kappa shape index (κ2) is 5.69. The van der Waals surface area contributed by atoms with Crippen LogP contribution in [0.3, 0.4) is 0 Å². The van der Waals surface area contributed by atoms with Gasteiger partial charge in [-0.15, -0.1) is 0 Å². The second-order valence-corrected chi connectivity index (χ2v) is 5.05. The van der Waals surface area contributed by atoms with E-state index in [1.807, 2.05) is 0 Å². The molecule has 2 rings (SSSR count). The van der Waals surface area contributed by atoms with Crippen LogP contribution in [0.1, 0.15) is 10.4 Å². The van der Waals surface area contributed by atoms with Crippen molar-refractivity contribution in [2.24, 2.45) is 5.73 Å². The van der Waals surface area contributed by atoms with E-state index in [1.165, 1.54) is 13.2 Å². The molecular weight excluding hydrogens is 346 g/mol. The van der Waals surface area contributed by atoms with Crippen LogP contribution in [0.5, 0.6) is 5.75 Å². The molecule has 1 amide bonds. The van der Waals surface area contributed by atoms with Gasteiger partial charge in [0.15, 0.2) is 0 Å². The first kappa shape index (κ1) is 15.2. The molecule has 0 aliphatic rings. The Balaban J connectivity index is 2.88. The summed E-state index contributed by atoms with van der Waals surface area (Å²) in [6.45, 7) is 0. The Bertz CT molecular complexity index is 735. The summed E-state index contributed by atoms with van der Waals surface area (Å²) in [7, 11) is 1.39. The first-order chi connectivity index (χ1) is 9.88. The monoisotopic (exact) mass is 356 g/mol. The van der Waals surface area contributed by atoms with E-state index in [0.29, 0.717) is 0 Å². The number of nitrogens with two attached hydrogens (primary N) is 2. The summed E-state index contributed by atoms with van der Waals surface area (Å²) in [6.07, 6.45) is 0. The molecule has 2 aromatic rings. The number of carbonyl (C=O) groups excluding carboxylic acids is 1. The van der Waals surface area contributed by atoms with E-state index in [4.69, 9.17) is 16.2 Å². The number of primary amides is 1. The Labute approximate surface area is 127 Å². The number of carbonyl (C=O) groups is 1. The minimum absolute atomic E-state index is 0.0832. The van der Waals surface area contributed by atoms with E-state index in [9.17, 15) is 13.6 Å². The third-order valence-electron chi connectivity index (χ3n) is 2.94. The number of benzene rings is 2. The molecule has 110 valence electrons. The number of nitrogen functional groups attached to an aromatic ring is 1. The molecule has 0 spiro atoms. The van der Waals surface area contributed by atoms with Crippen molar-refractivity contribution in [1.29, 1.82) is 0 Å². The molecule has 0 aromatic heterocycles. The van der Waals surface area contributed by atoms with Gasteiger partial charge in [0.2, 0.25) is 0 Å². The summed E-state index contributed by atoms with van der Waals surface area (Å²) in [4.78, 5) is 11.2. The quantitative estimate of drug-likeness (QED) is 0.829. The molecule has 0 bridgehead atoms. The highest BCUT2D eigenvalue weighted by molar-refractivity contribution is 9.10. The maximum atomic E-state index is 14.5. The fourth-order valence-electron chi connectivity index (χ4n) is 2.03. The maximum Gasteiger partial charge on any atom is 0.254 e. The summed E-state index contributed by atoms with van der Waals surface area (Å²) >= 11 is 3.07. The molecule has 0 atom stereocenters. The van der Waals surface area contributed by atoms with Crippen molar-refractivity contribution in [2.45, 2.75) is 0 Å². The van der Waals surface area contributed by atoms with Gasteiger partial charge in [0.25, 0.3) is 5.91 Å². The van der Waals surface area contributed by atoms with Gasteiger partial charge in [-0.3, -0.25) is 4.79 Å². The average Bonchev–Trinajstić information content (AvgIpc) is 2.39. The number of anilines is 1. The number of hydrogen-bond acceptors (Lipinski definition) is 3. The molecule has 7 heteroatoms. The summed E-state index contributed by atoms with van der Waals surface area (Å²) in [5.74, 6) is -3.06. The largest absolute Gasteiger partial charge is 0.496 e. The third kappa shape index (κ3) is 2.56. The topological polar surface area (TPSA) is 78.3 Å². The SMILES string of the molecule is COc1cccc(N)c1-c1c(Br)cc(F)c(C(N)=O)c1F. The zero-order valence-corrected chi connectivity index (χ0v) is 12.5. The minimum Gasteiger partial charge on any atom is -0.496 e. The first-order valence-electron chi connectivity index (χ1n) is 5.78. The number of halogens is 3. The lowest BCUT2D eigenvalue weighted by molar-refractivity contribution is 0.0992. The number of hydrogen-bond donors (Lipinski definition) is 2. The van der Waals surface area contributed by atoms with Crippen LogP contribution in [0.4, 0.5) is 14.5 Å².